The second-order valence-corrected chi connectivity index (χ2v) is 9.12. The van der Waals surface area contributed by atoms with Crippen LogP contribution in [0, 0.1) is 12.7 Å². The van der Waals surface area contributed by atoms with Crippen molar-refractivity contribution < 1.29 is 13.9 Å². The number of carbonyl (C=O) groups is 1. The first-order valence-electron chi connectivity index (χ1n) is 10.5. The maximum atomic E-state index is 13.2. The van der Waals surface area contributed by atoms with E-state index in [2.05, 4.69) is 4.98 Å². The van der Waals surface area contributed by atoms with Crippen LogP contribution >= 0.6 is 11.3 Å². The van der Waals surface area contributed by atoms with E-state index in [1.807, 2.05) is 48.2 Å². The van der Waals surface area contributed by atoms with Gasteiger partial charge in [-0.1, -0.05) is 18.2 Å². The third-order valence-electron chi connectivity index (χ3n) is 5.55. The number of benzene rings is 2. The summed E-state index contributed by atoms with van der Waals surface area (Å²) in [4.78, 5) is 24.2. The van der Waals surface area contributed by atoms with Crippen LogP contribution in [0.4, 0.5) is 4.39 Å². The molecule has 1 amide bonds. The summed E-state index contributed by atoms with van der Waals surface area (Å²) in [5.74, 6) is -0.255. The second kappa shape index (κ2) is 8.76. The molecule has 5 rings (SSSR count). The highest BCUT2D eigenvalue weighted by molar-refractivity contribution is 7.18. The maximum Gasteiger partial charge on any atom is 0.254 e. The van der Waals surface area contributed by atoms with E-state index in [0.717, 1.165) is 32.2 Å². The van der Waals surface area contributed by atoms with Gasteiger partial charge in [-0.15, -0.1) is 11.3 Å². The minimum atomic E-state index is -0.282. The first kappa shape index (κ1) is 20.7. The molecule has 2 aromatic carbocycles. The number of aromatic nitrogens is 2. The SMILES string of the molecule is Cc1nc2ccc(C(=O)N3CCO[C@H](c4cccc(Cc5ccc(F)cc5)n4)C3)cc2s1. The van der Waals surface area contributed by atoms with E-state index in [0.29, 0.717) is 31.7 Å². The van der Waals surface area contributed by atoms with Crippen molar-refractivity contribution in [1.29, 1.82) is 0 Å². The van der Waals surface area contributed by atoms with E-state index in [1.165, 1.54) is 12.1 Å². The molecule has 5 nitrogen and oxygen atoms in total. The van der Waals surface area contributed by atoms with Crippen molar-refractivity contribution in [1.82, 2.24) is 14.9 Å². The van der Waals surface area contributed by atoms with E-state index >= 15 is 0 Å². The predicted octanol–water partition coefficient (Wildman–Crippen LogP) is 4.94. The number of hydrogen-bond donors (Lipinski definition) is 0. The molecule has 1 saturated heterocycles. The number of ether oxygens (including phenoxy) is 1. The average Bonchev–Trinajstić information content (AvgIpc) is 3.19. The molecule has 7 heteroatoms. The molecule has 32 heavy (non-hydrogen) atoms. The lowest BCUT2D eigenvalue weighted by Gasteiger charge is -2.33. The Kier molecular flexibility index (Phi) is 5.68. The molecule has 1 aliphatic heterocycles. The highest BCUT2D eigenvalue weighted by Crippen LogP contribution is 2.26. The quantitative estimate of drug-likeness (QED) is 0.445. The van der Waals surface area contributed by atoms with Gasteiger partial charge in [0, 0.05) is 24.2 Å². The highest BCUT2D eigenvalue weighted by atomic mass is 32.1. The summed E-state index contributed by atoms with van der Waals surface area (Å²) in [5, 5.41) is 0.989. The van der Waals surface area contributed by atoms with Gasteiger partial charge < -0.3 is 9.64 Å². The van der Waals surface area contributed by atoms with Crippen LogP contribution in [0.3, 0.4) is 0 Å². The van der Waals surface area contributed by atoms with Crippen molar-refractivity contribution in [3.05, 3.63) is 94.0 Å². The Morgan fingerprint density at radius 3 is 2.84 bits per heavy atom. The number of thiazole rings is 1. The summed E-state index contributed by atoms with van der Waals surface area (Å²) in [5.41, 5.74) is 4.26. The topological polar surface area (TPSA) is 55.3 Å². The lowest BCUT2D eigenvalue weighted by atomic mass is 10.1. The first-order chi connectivity index (χ1) is 15.5. The minimum Gasteiger partial charge on any atom is -0.368 e. The molecule has 0 spiro atoms. The molecule has 0 radical (unpaired) electrons. The number of morpholine rings is 1. The Labute approximate surface area is 189 Å². The molecule has 0 unspecified atom stereocenters. The van der Waals surface area contributed by atoms with E-state index in [9.17, 15) is 9.18 Å². The van der Waals surface area contributed by atoms with Crippen LogP contribution < -0.4 is 0 Å². The molecular weight excluding hydrogens is 425 g/mol. The number of amides is 1. The van der Waals surface area contributed by atoms with Gasteiger partial charge in [0.2, 0.25) is 0 Å². The molecule has 0 saturated carbocycles. The van der Waals surface area contributed by atoms with Gasteiger partial charge in [-0.3, -0.25) is 9.78 Å². The van der Waals surface area contributed by atoms with Gasteiger partial charge in [-0.25, -0.2) is 9.37 Å². The zero-order valence-corrected chi connectivity index (χ0v) is 18.4. The summed E-state index contributed by atoms with van der Waals surface area (Å²) in [7, 11) is 0. The van der Waals surface area contributed by atoms with Gasteiger partial charge >= 0.3 is 0 Å². The zero-order chi connectivity index (χ0) is 22.1. The monoisotopic (exact) mass is 447 g/mol. The van der Waals surface area contributed by atoms with Crippen LogP contribution in [0.5, 0.6) is 0 Å². The Morgan fingerprint density at radius 1 is 1.16 bits per heavy atom. The summed E-state index contributed by atoms with van der Waals surface area (Å²) >= 11 is 1.59. The Morgan fingerprint density at radius 2 is 2.00 bits per heavy atom. The summed E-state index contributed by atoms with van der Waals surface area (Å²) in [6.07, 6.45) is 0.327. The van der Waals surface area contributed by atoms with Crippen LogP contribution in [0.15, 0.2) is 60.7 Å². The number of nitrogens with zero attached hydrogens (tertiary/aromatic N) is 3. The Hall–Kier alpha value is -3.16. The molecule has 2 aromatic heterocycles. The van der Waals surface area contributed by atoms with Crippen molar-refractivity contribution in [2.45, 2.75) is 19.4 Å². The number of carbonyl (C=O) groups excluding carboxylic acids is 1. The summed E-state index contributed by atoms with van der Waals surface area (Å²) in [6, 6.07) is 17.9. The Balaban J connectivity index is 1.31. The molecule has 4 aromatic rings. The lowest BCUT2D eigenvalue weighted by Crippen LogP contribution is -2.42. The van der Waals surface area contributed by atoms with Crippen molar-refractivity contribution in [2.24, 2.45) is 0 Å². The van der Waals surface area contributed by atoms with Crippen LogP contribution in [0.25, 0.3) is 10.2 Å². The zero-order valence-electron chi connectivity index (χ0n) is 17.6. The molecule has 162 valence electrons. The van der Waals surface area contributed by atoms with Crippen molar-refractivity contribution in [3.8, 4) is 0 Å². The predicted molar refractivity (Wildman–Crippen MR) is 122 cm³/mol. The molecule has 1 atom stereocenters. The van der Waals surface area contributed by atoms with Crippen LogP contribution in [0.1, 0.15) is 38.4 Å². The third-order valence-corrected chi connectivity index (χ3v) is 6.49. The number of halogens is 1. The molecule has 1 aliphatic rings. The van der Waals surface area contributed by atoms with Crippen molar-refractivity contribution in [3.63, 3.8) is 0 Å². The van der Waals surface area contributed by atoms with Gasteiger partial charge in [0.1, 0.15) is 11.9 Å². The van der Waals surface area contributed by atoms with E-state index in [-0.39, 0.29) is 17.8 Å². The normalized spacial score (nSPS) is 16.4. The molecular formula is C25H22FN3O2S. The fourth-order valence-corrected chi connectivity index (χ4v) is 4.82. The standard InChI is InChI=1S/C25H22FN3O2S/c1-16-27-22-10-7-18(14-24(22)32-16)25(30)29-11-12-31-23(15-29)21-4-2-3-20(28-21)13-17-5-8-19(26)9-6-17/h2-10,14,23H,11-13,15H2,1H3/t23-/m0/s1. The van der Waals surface area contributed by atoms with Crippen molar-refractivity contribution in [2.75, 3.05) is 19.7 Å². The number of fused-ring (bicyclic) bond motifs is 1. The average molecular weight is 448 g/mol. The third kappa shape index (κ3) is 4.40. The minimum absolute atomic E-state index is 0.00581. The number of rotatable bonds is 4. The fraction of sp³-hybridized carbons (Fsp3) is 0.240. The van der Waals surface area contributed by atoms with Gasteiger partial charge in [0.15, 0.2) is 0 Å². The van der Waals surface area contributed by atoms with Gasteiger partial charge in [0.25, 0.3) is 5.91 Å². The molecule has 1 fully saturated rings. The van der Waals surface area contributed by atoms with Gasteiger partial charge in [-0.05, 0) is 55.0 Å². The van der Waals surface area contributed by atoms with Crippen LogP contribution in [-0.4, -0.2) is 40.5 Å². The summed E-state index contributed by atoms with van der Waals surface area (Å²) in [6.45, 7) is 3.42. The number of pyridine rings is 1. The second-order valence-electron chi connectivity index (χ2n) is 7.88. The van der Waals surface area contributed by atoms with Gasteiger partial charge in [-0.2, -0.15) is 0 Å². The number of hydrogen-bond acceptors (Lipinski definition) is 5. The molecule has 3 heterocycles. The van der Waals surface area contributed by atoms with E-state index in [4.69, 9.17) is 9.72 Å². The molecule has 0 N–H and O–H groups in total. The van der Waals surface area contributed by atoms with Crippen molar-refractivity contribution >= 4 is 27.5 Å². The maximum absolute atomic E-state index is 13.2. The highest BCUT2D eigenvalue weighted by Gasteiger charge is 2.27. The summed E-state index contributed by atoms with van der Waals surface area (Å²) < 4.78 is 20.2. The molecule has 0 bridgehead atoms. The largest absolute Gasteiger partial charge is 0.368 e. The van der Waals surface area contributed by atoms with E-state index < -0.39 is 0 Å². The number of aryl methyl sites for hydroxylation is 1. The molecule has 0 aliphatic carbocycles. The fourth-order valence-electron chi connectivity index (χ4n) is 3.96. The van der Waals surface area contributed by atoms with Crippen LogP contribution in [0.2, 0.25) is 0 Å². The van der Waals surface area contributed by atoms with Crippen LogP contribution in [-0.2, 0) is 11.2 Å². The van der Waals surface area contributed by atoms with Gasteiger partial charge in [0.05, 0.1) is 34.1 Å². The lowest BCUT2D eigenvalue weighted by molar-refractivity contribution is -0.0247. The Bertz CT molecular complexity index is 1270. The smallest absolute Gasteiger partial charge is 0.254 e. The first-order valence-corrected chi connectivity index (χ1v) is 11.4. The van der Waals surface area contributed by atoms with E-state index in [1.54, 1.807) is 23.5 Å².